The summed E-state index contributed by atoms with van der Waals surface area (Å²) in [4.78, 5) is 25.3. The van der Waals surface area contributed by atoms with Crippen LogP contribution in [0.3, 0.4) is 0 Å². The van der Waals surface area contributed by atoms with Gasteiger partial charge in [-0.2, -0.15) is 5.26 Å². The Morgan fingerprint density at radius 1 is 1.26 bits per heavy atom. The second kappa shape index (κ2) is 9.85. The Kier molecular flexibility index (Phi) is 7.23. The van der Waals surface area contributed by atoms with Crippen LogP contribution in [0.4, 0.5) is 21.0 Å². The fourth-order valence-electron chi connectivity index (χ4n) is 2.11. The Labute approximate surface area is 161 Å². The SMILES string of the molecule is C=CCNC(=O)Nc1cccc(OC(=O)N(CC#N)c2cccc(Cl)c2)c1. The number of carbonyl (C=O) groups excluding carboxylic acids is 2. The molecule has 27 heavy (non-hydrogen) atoms. The maximum Gasteiger partial charge on any atom is 0.420 e. The predicted molar refractivity (Wildman–Crippen MR) is 104 cm³/mol. The van der Waals surface area contributed by atoms with Gasteiger partial charge in [-0.3, -0.25) is 4.90 Å². The molecular formula is C19H17ClN4O3. The zero-order chi connectivity index (χ0) is 19.6. The normalized spacial score (nSPS) is 9.63. The molecule has 0 aromatic heterocycles. The lowest BCUT2D eigenvalue weighted by Gasteiger charge is -2.19. The lowest BCUT2D eigenvalue weighted by molar-refractivity contribution is 0.208. The third-order valence-corrected chi connectivity index (χ3v) is 3.51. The van der Waals surface area contributed by atoms with Crippen LogP contribution in [-0.4, -0.2) is 25.2 Å². The molecule has 0 bridgehead atoms. The lowest BCUT2D eigenvalue weighted by Crippen LogP contribution is -2.34. The average molecular weight is 385 g/mol. The molecule has 2 aromatic rings. The molecule has 0 aliphatic carbocycles. The van der Waals surface area contributed by atoms with Gasteiger partial charge in [-0.1, -0.05) is 29.8 Å². The van der Waals surface area contributed by atoms with E-state index in [1.54, 1.807) is 48.5 Å². The van der Waals surface area contributed by atoms with Crippen LogP contribution in [0.1, 0.15) is 0 Å². The van der Waals surface area contributed by atoms with Crippen LogP contribution in [0.5, 0.6) is 5.75 Å². The van der Waals surface area contributed by atoms with E-state index in [1.807, 2.05) is 6.07 Å². The standard InChI is InChI=1S/C19H17ClN4O3/c1-2-10-22-18(25)23-15-6-4-8-17(13-15)27-19(26)24(11-9-21)16-7-3-5-14(20)12-16/h2-8,12-13H,1,10-11H2,(H2,22,23,25). The highest BCUT2D eigenvalue weighted by Gasteiger charge is 2.18. The minimum absolute atomic E-state index is 0.207. The van der Waals surface area contributed by atoms with Gasteiger partial charge in [0.15, 0.2) is 0 Å². The van der Waals surface area contributed by atoms with Crippen LogP contribution >= 0.6 is 11.6 Å². The summed E-state index contributed by atoms with van der Waals surface area (Å²) < 4.78 is 5.33. The first-order chi connectivity index (χ1) is 13.0. The van der Waals surface area contributed by atoms with E-state index in [-0.39, 0.29) is 12.3 Å². The van der Waals surface area contributed by atoms with Crippen molar-refractivity contribution in [1.29, 1.82) is 5.26 Å². The van der Waals surface area contributed by atoms with Gasteiger partial charge in [0.25, 0.3) is 0 Å². The van der Waals surface area contributed by atoms with Crippen LogP contribution in [-0.2, 0) is 0 Å². The van der Waals surface area contributed by atoms with Gasteiger partial charge < -0.3 is 15.4 Å². The van der Waals surface area contributed by atoms with Crippen molar-refractivity contribution < 1.29 is 14.3 Å². The number of amides is 3. The molecule has 2 aromatic carbocycles. The summed E-state index contributed by atoms with van der Waals surface area (Å²) in [6, 6.07) is 14.4. The number of ether oxygens (including phenoxy) is 1. The zero-order valence-electron chi connectivity index (χ0n) is 14.3. The topological polar surface area (TPSA) is 94.5 Å². The number of anilines is 2. The third-order valence-electron chi connectivity index (χ3n) is 3.27. The highest BCUT2D eigenvalue weighted by atomic mass is 35.5. The molecule has 0 fully saturated rings. The second-order valence-corrected chi connectivity index (χ2v) is 5.68. The van der Waals surface area contributed by atoms with Crippen molar-refractivity contribution in [3.63, 3.8) is 0 Å². The molecule has 0 aliphatic rings. The molecule has 0 heterocycles. The van der Waals surface area contributed by atoms with E-state index in [0.717, 1.165) is 4.90 Å². The average Bonchev–Trinajstić information content (AvgIpc) is 2.64. The van der Waals surface area contributed by atoms with Crippen molar-refractivity contribution in [2.75, 3.05) is 23.3 Å². The quantitative estimate of drug-likeness (QED) is 0.577. The Balaban J connectivity index is 2.11. The van der Waals surface area contributed by atoms with Crippen molar-refractivity contribution in [3.05, 3.63) is 66.2 Å². The summed E-state index contributed by atoms with van der Waals surface area (Å²) in [7, 11) is 0. The molecule has 2 N–H and O–H groups in total. The summed E-state index contributed by atoms with van der Waals surface area (Å²) in [5.74, 6) is 0.214. The molecule has 0 aliphatic heterocycles. The van der Waals surface area contributed by atoms with Gasteiger partial charge in [0.1, 0.15) is 12.3 Å². The van der Waals surface area contributed by atoms with Gasteiger partial charge in [0.05, 0.1) is 6.07 Å². The molecule has 8 heteroatoms. The molecule has 0 saturated carbocycles. The number of hydrogen-bond acceptors (Lipinski definition) is 4. The molecule has 0 atom stereocenters. The third kappa shape index (κ3) is 6.06. The van der Waals surface area contributed by atoms with Crippen LogP contribution < -0.4 is 20.3 Å². The Morgan fingerprint density at radius 3 is 2.74 bits per heavy atom. The molecule has 2 rings (SSSR count). The van der Waals surface area contributed by atoms with Crippen LogP contribution in [0.2, 0.25) is 5.02 Å². The van der Waals surface area contributed by atoms with Crippen molar-refractivity contribution in [1.82, 2.24) is 5.32 Å². The Hall–Kier alpha value is -3.50. The van der Waals surface area contributed by atoms with E-state index in [9.17, 15) is 9.59 Å². The van der Waals surface area contributed by atoms with E-state index in [1.165, 1.54) is 6.07 Å². The number of rotatable bonds is 6. The molecule has 0 saturated heterocycles. The van der Waals surface area contributed by atoms with Crippen LogP contribution in [0, 0.1) is 11.3 Å². The van der Waals surface area contributed by atoms with E-state index in [2.05, 4.69) is 17.2 Å². The van der Waals surface area contributed by atoms with Gasteiger partial charge in [0.2, 0.25) is 0 Å². The fourth-order valence-corrected chi connectivity index (χ4v) is 2.29. The van der Waals surface area contributed by atoms with E-state index < -0.39 is 12.1 Å². The zero-order valence-corrected chi connectivity index (χ0v) is 15.1. The Bertz CT molecular complexity index is 879. The number of urea groups is 1. The van der Waals surface area contributed by atoms with Gasteiger partial charge in [-0.05, 0) is 30.3 Å². The highest BCUT2D eigenvalue weighted by Crippen LogP contribution is 2.22. The van der Waals surface area contributed by atoms with Gasteiger partial charge in [0, 0.05) is 29.0 Å². The van der Waals surface area contributed by atoms with Crippen molar-refractivity contribution in [2.45, 2.75) is 0 Å². The van der Waals surface area contributed by atoms with Gasteiger partial charge in [-0.25, -0.2) is 9.59 Å². The number of nitriles is 1. The van der Waals surface area contributed by atoms with E-state index >= 15 is 0 Å². The van der Waals surface area contributed by atoms with Crippen molar-refractivity contribution in [3.8, 4) is 11.8 Å². The van der Waals surface area contributed by atoms with Gasteiger partial charge in [-0.15, -0.1) is 6.58 Å². The maximum absolute atomic E-state index is 12.5. The second-order valence-electron chi connectivity index (χ2n) is 5.24. The Morgan fingerprint density at radius 2 is 2.04 bits per heavy atom. The van der Waals surface area contributed by atoms with Crippen LogP contribution in [0.15, 0.2) is 61.2 Å². The summed E-state index contributed by atoms with van der Waals surface area (Å²) >= 11 is 5.95. The van der Waals surface area contributed by atoms with Crippen molar-refractivity contribution >= 4 is 35.1 Å². The molecule has 0 radical (unpaired) electrons. The smallest absolute Gasteiger partial charge is 0.410 e. The number of hydrogen-bond donors (Lipinski definition) is 2. The van der Waals surface area contributed by atoms with E-state index in [4.69, 9.17) is 21.6 Å². The first-order valence-electron chi connectivity index (χ1n) is 7.91. The first-order valence-corrected chi connectivity index (χ1v) is 8.29. The number of nitrogens with one attached hydrogen (secondary N) is 2. The lowest BCUT2D eigenvalue weighted by atomic mass is 10.3. The number of carbonyl (C=O) groups is 2. The summed E-state index contributed by atoms with van der Waals surface area (Å²) in [5, 5.41) is 14.6. The number of benzene rings is 2. The monoisotopic (exact) mass is 384 g/mol. The molecule has 0 spiro atoms. The highest BCUT2D eigenvalue weighted by molar-refractivity contribution is 6.30. The summed E-state index contributed by atoms with van der Waals surface area (Å²) in [5.41, 5.74) is 0.878. The van der Waals surface area contributed by atoms with Gasteiger partial charge >= 0.3 is 12.1 Å². The van der Waals surface area contributed by atoms with Crippen LogP contribution in [0.25, 0.3) is 0 Å². The first kappa shape index (κ1) is 19.8. The molecule has 138 valence electrons. The molecule has 3 amide bonds. The largest absolute Gasteiger partial charge is 0.420 e. The minimum atomic E-state index is -0.743. The number of halogens is 1. The number of nitrogens with zero attached hydrogens (tertiary/aromatic N) is 2. The van der Waals surface area contributed by atoms with Crippen molar-refractivity contribution in [2.24, 2.45) is 0 Å². The fraction of sp³-hybridized carbons (Fsp3) is 0.105. The predicted octanol–water partition coefficient (Wildman–Crippen LogP) is 4.18. The van der Waals surface area contributed by atoms with E-state index in [0.29, 0.717) is 22.9 Å². The molecule has 7 nitrogen and oxygen atoms in total. The molecule has 0 unspecified atom stereocenters. The summed E-state index contributed by atoms with van der Waals surface area (Å²) in [6.07, 6.45) is 0.810. The maximum atomic E-state index is 12.5. The minimum Gasteiger partial charge on any atom is -0.410 e. The summed E-state index contributed by atoms with van der Waals surface area (Å²) in [6.45, 7) is 3.63. The molecular weight excluding hydrogens is 368 g/mol.